The van der Waals surface area contributed by atoms with Crippen molar-refractivity contribution in [1.29, 1.82) is 0 Å². The molecule has 0 saturated carbocycles. The van der Waals surface area contributed by atoms with E-state index in [4.69, 9.17) is 0 Å². The second-order valence-electron chi connectivity index (χ2n) is 5.51. The Hall–Kier alpha value is -2.08. The van der Waals surface area contributed by atoms with Gasteiger partial charge in [-0.15, -0.1) is 0 Å². The summed E-state index contributed by atoms with van der Waals surface area (Å²) in [6.45, 7) is 2.68. The second-order valence-corrected chi connectivity index (χ2v) is 5.51. The van der Waals surface area contributed by atoms with Crippen LogP contribution in [-0.4, -0.2) is 43.6 Å². The Kier molecular flexibility index (Phi) is 3.79. The van der Waals surface area contributed by atoms with Crippen LogP contribution < -0.4 is 0 Å². The van der Waals surface area contributed by atoms with Gasteiger partial charge in [-0.3, -0.25) is 4.90 Å². The van der Waals surface area contributed by atoms with Crippen LogP contribution in [0.2, 0.25) is 0 Å². The third-order valence-corrected chi connectivity index (χ3v) is 3.97. The summed E-state index contributed by atoms with van der Waals surface area (Å²) in [5, 5.41) is 18.8. The smallest absolute Gasteiger partial charge is 0.356 e. The lowest BCUT2D eigenvalue weighted by atomic mass is 10.2. The van der Waals surface area contributed by atoms with Gasteiger partial charge in [-0.2, -0.15) is 0 Å². The van der Waals surface area contributed by atoms with Gasteiger partial charge in [0.1, 0.15) is 11.6 Å². The van der Waals surface area contributed by atoms with E-state index in [9.17, 15) is 15.0 Å². The number of carbonyl (C=O) groups is 1. The first-order chi connectivity index (χ1) is 10.1. The summed E-state index contributed by atoms with van der Waals surface area (Å²) in [6, 6.07) is 2.99. The molecule has 1 aliphatic heterocycles. The Balaban J connectivity index is 1.96. The Morgan fingerprint density at radius 2 is 1.95 bits per heavy atom. The molecular formula is C15H19N3O3. The van der Waals surface area contributed by atoms with Crippen LogP contribution in [-0.2, 0) is 6.54 Å². The maximum Gasteiger partial charge on any atom is 0.356 e. The number of likely N-dealkylation sites (tertiary alicyclic amines) is 1. The van der Waals surface area contributed by atoms with Crippen molar-refractivity contribution in [3.05, 3.63) is 29.8 Å². The third-order valence-electron chi connectivity index (χ3n) is 3.97. The first-order valence-corrected chi connectivity index (χ1v) is 7.31. The lowest BCUT2D eigenvalue weighted by molar-refractivity contribution is 0.0693. The van der Waals surface area contributed by atoms with Gasteiger partial charge < -0.3 is 14.6 Å². The summed E-state index contributed by atoms with van der Waals surface area (Å²) >= 11 is 0. The highest BCUT2D eigenvalue weighted by atomic mass is 16.4. The van der Waals surface area contributed by atoms with Gasteiger partial charge in [0, 0.05) is 12.3 Å². The highest BCUT2D eigenvalue weighted by molar-refractivity contribution is 5.94. The van der Waals surface area contributed by atoms with Gasteiger partial charge in [0.15, 0.2) is 5.69 Å². The molecule has 2 aromatic heterocycles. The Labute approximate surface area is 122 Å². The maximum absolute atomic E-state index is 11.3. The molecule has 0 aliphatic carbocycles. The number of nitrogens with zero attached hydrogens (tertiary/aromatic N) is 3. The molecular weight excluding hydrogens is 270 g/mol. The van der Waals surface area contributed by atoms with Crippen LogP contribution >= 0.6 is 0 Å². The van der Waals surface area contributed by atoms with Crippen LogP contribution in [0.4, 0.5) is 0 Å². The molecule has 0 unspecified atom stereocenters. The van der Waals surface area contributed by atoms with Crippen LogP contribution in [0.3, 0.4) is 0 Å². The third kappa shape index (κ3) is 2.85. The number of hydrogen-bond donors (Lipinski definition) is 2. The van der Waals surface area contributed by atoms with Gasteiger partial charge in [-0.05, 0) is 32.0 Å². The average Bonchev–Trinajstić information content (AvgIpc) is 2.62. The lowest BCUT2D eigenvalue weighted by Crippen LogP contribution is -2.25. The fraction of sp³-hybridized carbons (Fsp3) is 0.467. The highest BCUT2D eigenvalue weighted by Crippen LogP contribution is 2.20. The van der Waals surface area contributed by atoms with Crippen molar-refractivity contribution in [2.45, 2.75) is 32.2 Å². The molecule has 1 fully saturated rings. The molecule has 0 aromatic carbocycles. The minimum atomic E-state index is -1.07. The molecule has 2 N–H and O–H groups in total. The zero-order valence-electron chi connectivity index (χ0n) is 11.8. The largest absolute Gasteiger partial charge is 0.508 e. The molecule has 0 atom stereocenters. The molecule has 0 radical (unpaired) electrons. The van der Waals surface area contributed by atoms with E-state index in [0.717, 1.165) is 13.1 Å². The molecule has 6 heteroatoms. The van der Waals surface area contributed by atoms with Crippen LogP contribution in [0.25, 0.3) is 5.52 Å². The van der Waals surface area contributed by atoms with Crippen molar-refractivity contribution in [3.63, 3.8) is 0 Å². The summed E-state index contributed by atoms with van der Waals surface area (Å²) in [5.41, 5.74) is 0.433. The van der Waals surface area contributed by atoms with Gasteiger partial charge in [-0.25, -0.2) is 9.78 Å². The van der Waals surface area contributed by atoms with Crippen LogP contribution in [0.5, 0.6) is 5.75 Å². The van der Waals surface area contributed by atoms with Crippen LogP contribution in [0.1, 0.15) is 42.0 Å². The van der Waals surface area contributed by atoms with Gasteiger partial charge in [-0.1, -0.05) is 12.8 Å². The molecule has 0 bridgehead atoms. The summed E-state index contributed by atoms with van der Waals surface area (Å²) in [7, 11) is 0. The van der Waals surface area contributed by atoms with Crippen molar-refractivity contribution in [2.24, 2.45) is 0 Å². The summed E-state index contributed by atoms with van der Waals surface area (Å²) in [6.07, 6.45) is 6.54. The van der Waals surface area contributed by atoms with E-state index in [0.29, 0.717) is 17.9 Å². The molecule has 2 aromatic rings. The summed E-state index contributed by atoms with van der Waals surface area (Å²) in [5.74, 6) is -0.310. The summed E-state index contributed by atoms with van der Waals surface area (Å²) < 4.78 is 1.76. The number of imidazole rings is 1. The van der Waals surface area contributed by atoms with E-state index < -0.39 is 5.97 Å². The van der Waals surface area contributed by atoms with Gasteiger partial charge in [0.05, 0.1) is 12.1 Å². The van der Waals surface area contributed by atoms with Crippen molar-refractivity contribution < 1.29 is 15.0 Å². The number of fused-ring (bicyclic) bond motifs is 1. The highest BCUT2D eigenvalue weighted by Gasteiger charge is 2.19. The van der Waals surface area contributed by atoms with Crippen LogP contribution in [0.15, 0.2) is 18.3 Å². The average molecular weight is 289 g/mol. The SMILES string of the molecule is O=C(O)c1nc(CN2CCCCCC2)n2ccc(O)cc12. The number of aromatic carboxylic acids is 1. The molecule has 0 amide bonds. The monoisotopic (exact) mass is 289 g/mol. The first-order valence-electron chi connectivity index (χ1n) is 7.31. The van der Waals surface area contributed by atoms with Gasteiger partial charge in [0.25, 0.3) is 0 Å². The number of aromatic nitrogens is 2. The molecule has 1 saturated heterocycles. The minimum absolute atomic E-state index is 0.00396. The molecule has 6 nitrogen and oxygen atoms in total. The van der Waals surface area contributed by atoms with Crippen molar-refractivity contribution in [1.82, 2.24) is 14.3 Å². The predicted octanol–water partition coefficient (Wildman–Crippen LogP) is 2.11. The topological polar surface area (TPSA) is 78.1 Å². The van der Waals surface area contributed by atoms with E-state index in [1.165, 1.54) is 31.7 Å². The minimum Gasteiger partial charge on any atom is -0.508 e. The first kappa shape index (κ1) is 13.9. The zero-order chi connectivity index (χ0) is 14.8. The Morgan fingerprint density at radius 3 is 2.62 bits per heavy atom. The van der Waals surface area contributed by atoms with Crippen molar-refractivity contribution >= 4 is 11.5 Å². The number of pyridine rings is 1. The number of carboxylic acid groups (broad SMARTS) is 1. The van der Waals surface area contributed by atoms with E-state index in [2.05, 4.69) is 9.88 Å². The fourth-order valence-electron chi connectivity index (χ4n) is 2.90. The number of aromatic hydroxyl groups is 1. The lowest BCUT2D eigenvalue weighted by Gasteiger charge is -2.18. The fourth-order valence-corrected chi connectivity index (χ4v) is 2.90. The molecule has 3 rings (SSSR count). The molecule has 0 spiro atoms. The summed E-state index contributed by atoms with van der Waals surface area (Å²) in [4.78, 5) is 17.9. The van der Waals surface area contributed by atoms with E-state index in [-0.39, 0.29) is 11.4 Å². The Bertz CT molecular complexity index is 657. The maximum atomic E-state index is 11.3. The second kappa shape index (κ2) is 5.73. The van der Waals surface area contributed by atoms with Crippen molar-refractivity contribution in [3.8, 4) is 5.75 Å². The molecule has 1 aliphatic rings. The van der Waals surface area contributed by atoms with Gasteiger partial charge in [0.2, 0.25) is 0 Å². The Morgan fingerprint density at radius 1 is 1.24 bits per heavy atom. The molecule has 3 heterocycles. The molecule has 112 valence electrons. The number of hydrogen-bond acceptors (Lipinski definition) is 4. The predicted molar refractivity (Wildman–Crippen MR) is 77.6 cm³/mol. The molecule has 21 heavy (non-hydrogen) atoms. The van der Waals surface area contributed by atoms with E-state index in [1.54, 1.807) is 16.7 Å². The number of rotatable bonds is 3. The number of carboxylic acids is 1. The van der Waals surface area contributed by atoms with Crippen LogP contribution in [0, 0.1) is 0 Å². The van der Waals surface area contributed by atoms with E-state index in [1.807, 2.05) is 0 Å². The normalized spacial score (nSPS) is 17.0. The zero-order valence-corrected chi connectivity index (χ0v) is 11.8. The van der Waals surface area contributed by atoms with Crippen molar-refractivity contribution in [2.75, 3.05) is 13.1 Å². The quantitative estimate of drug-likeness (QED) is 0.905. The standard InChI is InChI=1S/C15H19N3O3/c19-11-5-8-18-12(9-11)14(15(20)21)16-13(18)10-17-6-3-1-2-4-7-17/h5,8-9,19H,1-4,6-7,10H2,(H,20,21). The van der Waals surface area contributed by atoms with Gasteiger partial charge >= 0.3 is 5.97 Å². The van der Waals surface area contributed by atoms with E-state index >= 15 is 0 Å².